The molecular weight excluding hydrogens is 709 g/mol. The van der Waals surface area contributed by atoms with Crippen molar-refractivity contribution in [3.05, 3.63) is 194 Å². The van der Waals surface area contributed by atoms with Gasteiger partial charge in [-0.25, -0.2) is 15.0 Å². The zero-order valence-corrected chi connectivity index (χ0v) is 31.2. The third kappa shape index (κ3) is 5.14. The molecule has 0 spiro atoms. The van der Waals surface area contributed by atoms with Crippen LogP contribution in [0, 0.1) is 0 Å². The van der Waals surface area contributed by atoms with Gasteiger partial charge in [0, 0.05) is 32.7 Å². The standard InChI is InChI=1S/C53H32N4O/c1-3-13-33(14-4-1)34-23-25-36(26-24-34)52-54-51(35-15-5-2-6-16-35)55-53(56-52)49-46(28-27-42-44-30-38-18-8-10-20-40(38)32-48(44)58-50(42)49)57-45-22-12-11-21-41(45)43-29-37-17-7-9-19-39(37)31-47(43)57/h1-32H. The fourth-order valence-corrected chi connectivity index (χ4v) is 8.61. The molecule has 0 radical (unpaired) electrons. The van der Waals surface area contributed by atoms with Gasteiger partial charge in [-0.1, -0.05) is 152 Å². The molecule has 12 rings (SSSR count). The number of aromatic nitrogens is 4. The molecule has 270 valence electrons. The molecule has 0 aliphatic rings. The van der Waals surface area contributed by atoms with E-state index in [4.69, 9.17) is 19.4 Å². The maximum Gasteiger partial charge on any atom is 0.170 e. The second-order valence-corrected chi connectivity index (χ2v) is 14.8. The average Bonchev–Trinajstić information content (AvgIpc) is 3.81. The summed E-state index contributed by atoms with van der Waals surface area (Å²) in [5, 5.41) is 9.05. The second-order valence-electron chi connectivity index (χ2n) is 14.8. The van der Waals surface area contributed by atoms with Crippen molar-refractivity contribution in [1.82, 2.24) is 19.5 Å². The summed E-state index contributed by atoms with van der Waals surface area (Å²) in [6, 6.07) is 68.0. The minimum absolute atomic E-state index is 0.534. The summed E-state index contributed by atoms with van der Waals surface area (Å²) in [6.07, 6.45) is 0. The number of furan rings is 1. The van der Waals surface area contributed by atoms with Crippen molar-refractivity contribution in [3.63, 3.8) is 0 Å². The fourth-order valence-electron chi connectivity index (χ4n) is 8.61. The number of fused-ring (bicyclic) bond motifs is 8. The van der Waals surface area contributed by atoms with Gasteiger partial charge in [0.15, 0.2) is 17.5 Å². The monoisotopic (exact) mass is 740 g/mol. The van der Waals surface area contributed by atoms with Crippen molar-refractivity contribution in [2.45, 2.75) is 0 Å². The maximum absolute atomic E-state index is 7.02. The van der Waals surface area contributed by atoms with Crippen LogP contribution in [-0.4, -0.2) is 19.5 Å². The Labute approximate surface area is 333 Å². The van der Waals surface area contributed by atoms with Crippen LogP contribution in [0.1, 0.15) is 0 Å². The number of benzene rings is 9. The first-order chi connectivity index (χ1) is 28.7. The summed E-state index contributed by atoms with van der Waals surface area (Å²) < 4.78 is 9.38. The molecule has 0 saturated carbocycles. The molecule has 0 aliphatic carbocycles. The average molecular weight is 741 g/mol. The lowest BCUT2D eigenvalue weighted by atomic mass is 10.0. The third-order valence-electron chi connectivity index (χ3n) is 11.4. The van der Waals surface area contributed by atoms with Gasteiger partial charge in [0.25, 0.3) is 0 Å². The molecule has 5 nitrogen and oxygen atoms in total. The first-order valence-corrected chi connectivity index (χ1v) is 19.5. The van der Waals surface area contributed by atoms with Crippen LogP contribution in [0.25, 0.3) is 116 Å². The number of para-hydroxylation sites is 1. The second kappa shape index (κ2) is 12.8. The Morgan fingerprint density at radius 3 is 1.57 bits per heavy atom. The Kier molecular flexibility index (Phi) is 7.16. The molecule has 0 aliphatic heterocycles. The summed E-state index contributed by atoms with van der Waals surface area (Å²) in [4.78, 5) is 15.8. The molecule has 0 atom stereocenters. The minimum atomic E-state index is 0.534. The zero-order valence-electron chi connectivity index (χ0n) is 31.2. The topological polar surface area (TPSA) is 56.7 Å². The lowest BCUT2D eigenvalue weighted by Crippen LogP contribution is -2.04. The number of rotatable bonds is 5. The summed E-state index contributed by atoms with van der Waals surface area (Å²) in [5.74, 6) is 1.71. The summed E-state index contributed by atoms with van der Waals surface area (Å²) in [7, 11) is 0. The molecule has 12 aromatic rings. The number of hydrogen-bond acceptors (Lipinski definition) is 4. The molecule has 0 amide bonds. The van der Waals surface area contributed by atoms with Crippen LogP contribution in [-0.2, 0) is 0 Å². The number of nitrogens with zero attached hydrogens (tertiary/aromatic N) is 4. The molecule has 0 saturated heterocycles. The van der Waals surface area contributed by atoms with Gasteiger partial charge < -0.3 is 8.98 Å². The quantitative estimate of drug-likeness (QED) is 0.176. The molecule has 0 bridgehead atoms. The normalized spacial score (nSPS) is 11.8. The van der Waals surface area contributed by atoms with E-state index in [2.05, 4.69) is 162 Å². The predicted octanol–water partition coefficient (Wildman–Crippen LogP) is 13.8. The van der Waals surface area contributed by atoms with Crippen molar-refractivity contribution < 1.29 is 4.42 Å². The van der Waals surface area contributed by atoms with E-state index in [1.54, 1.807) is 0 Å². The highest BCUT2D eigenvalue weighted by molar-refractivity contribution is 6.17. The SMILES string of the molecule is c1ccc(-c2ccc(-c3nc(-c4ccccc4)nc(-c4c(-n5c6ccccc6c6cc7ccccc7cc65)ccc5c4oc4cc6ccccc6cc45)n3)cc2)cc1. The van der Waals surface area contributed by atoms with E-state index in [9.17, 15) is 0 Å². The number of hydrogen-bond donors (Lipinski definition) is 0. The molecule has 0 N–H and O–H groups in total. The van der Waals surface area contributed by atoms with Crippen LogP contribution >= 0.6 is 0 Å². The minimum Gasteiger partial charge on any atom is -0.455 e. The van der Waals surface area contributed by atoms with Crippen molar-refractivity contribution in [3.8, 4) is 51.0 Å². The lowest BCUT2D eigenvalue weighted by molar-refractivity contribution is 0.669. The maximum atomic E-state index is 7.02. The predicted molar refractivity (Wildman–Crippen MR) is 238 cm³/mol. The highest BCUT2D eigenvalue weighted by Crippen LogP contribution is 2.44. The van der Waals surface area contributed by atoms with Gasteiger partial charge in [-0.05, 0) is 75.1 Å². The van der Waals surface area contributed by atoms with Gasteiger partial charge in [-0.15, -0.1) is 0 Å². The first kappa shape index (κ1) is 32.4. The molecule has 0 unspecified atom stereocenters. The fraction of sp³-hybridized carbons (Fsp3) is 0. The van der Waals surface area contributed by atoms with E-state index < -0.39 is 0 Å². The van der Waals surface area contributed by atoms with Crippen molar-refractivity contribution in [2.24, 2.45) is 0 Å². The molecule has 58 heavy (non-hydrogen) atoms. The Morgan fingerprint density at radius 1 is 0.345 bits per heavy atom. The van der Waals surface area contributed by atoms with Crippen LogP contribution in [0.2, 0.25) is 0 Å². The molecular formula is C53H32N4O. The van der Waals surface area contributed by atoms with Gasteiger partial charge in [-0.2, -0.15) is 0 Å². The van der Waals surface area contributed by atoms with Gasteiger partial charge >= 0.3 is 0 Å². The zero-order chi connectivity index (χ0) is 38.2. The first-order valence-electron chi connectivity index (χ1n) is 19.5. The molecule has 0 fully saturated rings. The van der Waals surface area contributed by atoms with E-state index >= 15 is 0 Å². The summed E-state index contributed by atoms with van der Waals surface area (Å²) in [5.41, 5.74) is 9.53. The van der Waals surface area contributed by atoms with Crippen molar-refractivity contribution in [1.29, 1.82) is 0 Å². The van der Waals surface area contributed by atoms with Gasteiger partial charge in [-0.3, -0.25) is 0 Å². The smallest absolute Gasteiger partial charge is 0.170 e. The summed E-state index contributed by atoms with van der Waals surface area (Å²) in [6.45, 7) is 0. The van der Waals surface area contributed by atoms with Crippen molar-refractivity contribution >= 4 is 65.3 Å². The van der Waals surface area contributed by atoms with E-state index in [1.165, 1.54) is 21.5 Å². The van der Waals surface area contributed by atoms with Crippen LogP contribution in [0.4, 0.5) is 0 Å². The van der Waals surface area contributed by atoms with E-state index in [1.807, 2.05) is 36.4 Å². The van der Waals surface area contributed by atoms with Gasteiger partial charge in [0.1, 0.15) is 11.2 Å². The van der Waals surface area contributed by atoms with Crippen LogP contribution in [0.15, 0.2) is 199 Å². The molecule has 9 aromatic carbocycles. The largest absolute Gasteiger partial charge is 0.455 e. The Bertz CT molecular complexity index is 3550. The summed E-state index contributed by atoms with van der Waals surface area (Å²) >= 11 is 0. The lowest BCUT2D eigenvalue weighted by Gasteiger charge is -2.15. The van der Waals surface area contributed by atoms with E-state index in [0.717, 1.165) is 77.2 Å². The van der Waals surface area contributed by atoms with Crippen LogP contribution < -0.4 is 0 Å². The Morgan fingerprint density at radius 2 is 0.862 bits per heavy atom. The third-order valence-corrected chi connectivity index (χ3v) is 11.4. The molecule has 5 heteroatoms. The van der Waals surface area contributed by atoms with E-state index in [0.29, 0.717) is 17.5 Å². The molecule has 3 heterocycles. The Balaban J connectivity index is 1.19. The van der Waals surface area contributed by atoms with Crippen molar-refractivity contribution in [2.75, 3.05) is 0 Å². The van der Waals surface area contributed by atoms with Crippen LogP contribution in [0.5, 0.6) is 0 Å². The highest BCUT2D eigenvalue weighted by atomic mass is 16.3. The van der Waals surface area contributed by atoms with E-state index in [-0.39, 0.29) is 0 Å². The highest BCUT2D eigenvalue weighted by Gasteiger charge is 2.25. The van der Waals surface area contributed by atoms with Crippen LogP contribution in [0.3, 0.4) is 0 Å². The van der Waals surface area contributed by atoms with Gasteiger partial charge in [0.05, 0.1) is 22.3 Å². The van der Waals surface area contributed by atoms with Gasteiger partial charge in [0.2, 0.25) is 0 Å². The molecule has 3 aromatic heterocycles. The Hall–Kier alpha value is -7.89.